The van der Waals surface area contributed by atoms with Crippen molar-refractivity contribution in [2.45, 2.75) is 19.8 Å². The molecular formula is C19H20ClN3O3S. The van der Waals surface area contributed by atoms with Crippen molar-refractivity contribution in [1.29, 1.82) is 0 Å². The Morgan fingerprint density at radius 1 is 1.15 bits per heavy atom. The molecule has 3 amide bonds. The molecule has 0 bridgehead atoms. The van der Waals surface area contributed by atoms with Gasteiger partial charge in [0.15, 0.2) is 0 Å². The molecule has 1 fully saturated rings. The van der Waals surface area contributed by atoms with Crippen molar-refractivity contribution >= 4 is 52.0 Å². The Hall–Kier alpha value is -2.38. The van der Waals surface area contributed by atoms with Gasteiger partial charge in [-0.3, -0.25) is 14.4 Å². The number of likely N-dealkylation sites (tertiary alicyclic amines) is 1. The first-order valence-electron chi connectivity index (χ1n) is 8.65. The van der Waals surface area contributed by atoms with Crippen molar-refractivity contribution in [3.8, 4) is 0 Å². The predicted molar refractivity (Wildman–Crippen MR) is 107 cm³/mol. The minimum atomic E-state index is -0.188. The van der Waals surface area contributed by atoms with Crippen LogP contribution in [0, 0.1) is 5.92 Å². The highest BCUT2D eigenvalue weighted by Crippen LogP contribution is 2.28. The van der Waals surface area contributed by atoms with Gasteiger partial charge in [-0.25, -0.2) is 0 Å². The minimum absolute atomic E-state index is 0.0282. The summed E-state index contributed by atoms with van der Waals surface area (Å²) in [6.07, 6.45) is 1.23. The lowest BCUT2D eigenvalue weighted by molar-refractivity contribution is -0.121. The fourth-order valence-corrected chi connectivity index (χ4v) is 3.95. The third-order valence-corrected chi connectivity index (χ3v) is 5.60. The van der Waals surface area contributed by atoms with Crippen molar-refractivity contribution in [3.05, 3.63) is 45.6 Å². The van der Waals surface area contributed by atoms with Gasteiger partial charge in [0.2, 0.25) is 11.8 Å². The molecule has 8 heteroatoms. The molecule has 0 spiro atoms. The van der Waals surface area contributed by atoms with Gasteiger partial charge in [-0.2, -0.15) is 0 Å². The van der Waals surface area contributed by atoms with Crippen molar-refractivity contribution in [2.75, 3.05) is 23.7 Å². The molecule has 1 aromatic carbocycles. The van der Waals surface area contributed by atoms with Gasteiger partial charge in [-0.05, 0) is 42.5 Å². The van der Waals surface area contributed by atoms with Crippen LogP contribution in [-0.2, 0) is 9.59 Å². The second-order valence-corrected chi connectivity index (χ2v) is 7.76. The predicted octanol–water partition coefficient (Wildman–Crippen LogP) is 3.85. The zero-order chi connectivity index (χ0) is 19.4. The van der Waals surface area contributed by atoms with E-state index in [1.165, 1.54) is 18.3 Å². The molecule has 0 radical (unpaired) electrons. The van der Waals surface area contributed by atoms with E-state index < -0.39 is 0 Å². The molecule has 3 rings (SSSR count). The van der Waals surface area contributed by atoms with Crippen LogP contribution in [0.3, 0.4) is 0 Å². The summed E-state index contributed by atoms with van der Waals surface area (Å²) >= 11 is 7.63. The molecule has 142 valence electrons. The molecule has 1 saturated heterocycles. The van der Waals surface area contributed by atoms with E-state index in [0.29, 0.717) is 42.3 Å². The summed E-state index contributed by atoms with van der Waals surface area (Å²) in [5.74, 6) is -0.428. The molecule has 1 aliphatic heterocycles. The van der Waals surface area contributed by atoms with Crippen molar-refractivity contribution < 1.29 is 14.4 Å². The van der Waals surface area contributed by atoms with Crippen molar-refractivity contribution in [3.63, 3.8) is 0 Å². The number of carbonyl (C=O) groups is 3. The Morgan fingerprint density at radius 2 is 1.89 bits per heavy atom. The van der Waals surface area contributed by atoms with Gasteiger partial charge < -0.3 is 15.5 Å². The highest BCUT2D eigenvalue weighted by atomic mass is 35.5. The molecule has 2 heterocycles. The fraction of sp³-hybridized carbons (Fsp3) is 0.316. The van der Waals surface area contributed by atoms with Gasteiger partial charge >= 0.3 is 0 Å². The van der Waals surface area contributed by atoms with Gasteiger partial charge in [-0.1, -0.05) is 17.7 Å². The van der Waals surface area contributed by atoms with E-state index >= 15 is 0 Å². The first kappa shape index (κ1) is 19.4. The number of benzene rings is 1. The van der Waals surface area contributed by atoms with Gasteiger partial charge in [0, 0.05) is 31.6 Å². The third-order valence-electron chi connectivity index (χ3n) is 4.43. The average molecular weight is 406 g/mol. The van der Waals surface area contributed by atoms with Crippen LogP contribution in [0.25, 0.3) is 0 Å². The van der Waals surface area contributed by atoms with Crippen LogP contribution in [0.15, 0.2) is 35.7 Å². The summed E-state index contributed by atoms with van der Waals surface area (Å²) in [6.45, 7) is 2.53. The SMILES string of the molecule is CC(=O)Nc1ccc(NC(=O)C2CCN(C(=O)c3cccs3)CC2)c(Cl)c1. The van der Waals surface area contributed by atoms with Crippen LogP contribution < -0.4 is 10.6 Å². The summed E-state index contributed by atoms with van der Waals surface area (Å²) in [6, 6.07) is 8.63. The monoisotopic (exact) mass is 405 g/mol. The summed E-state index contributed by atoms with van der Waals surface area (Å²) in [5.41, 5.74) is 1.08. The molecule has 0 unspecified atom stereocenters. The minimum Gasteiger partial charge on any atom is -0.338 e. The Bertz CT molecular complexity index is 846. The molecule has 6 nitrogen and oxygen atoms in total. The molecule has 0 atom stereocenters. The van der Waals surface area contributed by atoms with Gasteiger partial charge in [0.1, 0.15) is 0 Å². The first-order valence-corrected chi connectivity index (χ1v) is 9.90. The number of carbonyl (C=O) groups excluding carboxylic acids is 3. The molecule has 0 aliphatic carbocycles. The highest BCUT2D eigenvalue weighted by molar-refractivity contribution is 7.12. The Labute approximate surface area is 166 Å². The van der Waals surface area contributed by atoms with E-state index in [1.807, 2.05) is 17.5 Å². The average Bonchev–Trinajstić information content (AvgIpc) is 3.17. The number of rotatable bonds is 4. The largest absolute Gasteiger partial charge is 0.338 e. The van der Waals surface area contributed by atoms with Crippen LogP contribution >= 0.6 is 22.9 Å². The summed E-state index contributed by atoms with van der Waals surface area (Å²) in [5, 5.41) is 7.74. The maximum atomic E-state index is 12.5. The molecule has 1 aliphatic rings. The summed E-state index contributed by atoms with van der Waals surface area (Å²) in [4.78, 5) is 38.5. The van der Waals surface area contributed by atoms with Crippen LogP contribution in [0.5, 0.6) is 0 Å². The second kappa shape index (κ2) is 8.54. The fourth-order valence-electron chi connectivity index (χ4n) is 3.03. The maximum absolute atomic E-state index is 12.5. The van der Waals surface area contributed by atoms with Crippen molar-refractivity contribution in [1.82, 2.24) is 4.90 Å². The number of amides is 3. The van der Waals surface area contributed by atoms with E-state index in [9.17, 15) is 14.4 Å². The Kier molecular flexibility index (Phi) is 6.13. The summed E-state index contributed by atoms with van der Waals surface area (Å²) < 4.78 is 0. The Morgan fingerprint density at radius 3 is 2.48 bits per heavy atom. The maximum Gasteiger partial charge on any atom is 0.263 e. The zero-order valence-electron chi connectivity index (χ0n) is 14.8. The molecular weight excluding hydrogens is 386 g/mol. The first-order chi connectivity index (χ1) is 12.9. The van der Waals surface area contributed by atoms with Crippen LogP contribution in [0.2, 0.25) is 5.02 Å². The number of hydrogen-bond acceptors (Lipinski definition) is 4. The second-order valence-electron chi connectivity index (χ2n) is 6.41. The van der Waals surface area contributed by atoms with Gasteiger partial charge in [-0.15, -0.1) is 11.3 Å². The van der Waals surface area contributed by atoms with Gasteiger partial charge in [0.25, 0.3) is 5.91 Å². The number of halogens is 1. The molecule has 2 aromatic rings. The number of anilines is 2. The van der Waals surface area contributed by atoms with Crippen LogP contribution in [0.4, 0.5) is 11.4 Å². The third kappa shape index (κ3) is 4.87. The number of nitrogens with zero attached hydrogens (tertiary/aromatic N) is 1. The lowest BCUT2D eigenvalue weighted by atomic mass is 9.95. The number of thiophene rings is 1. The zero-order valence-corrected chi connectivity index (χ0v) is 16.4. The number of piperidine rings is 1. The normalized spacial score (nSPS) is 14.7. The van der Waals surface area contributed by atoms with Crippen LogP contribution in [-0.4, -0.2) is 35.7 Å². The van der Waals surface area contributed by atoms with E-state index in [0.717, 1.165) is 4.88 Å². The van der Waals surface area contributed by atoms with Crippen molar-refractivity contribution in [2.24, 2.45) is 5.92 Å². The molecule has 2 N–H and O–H groups in total. The molecule has 27 heavy (non-hydrogen) atoms. The summed E-state index contributed by atoms with van der Waals surface area (Å²) in [7, 11) is 0. The number of nitrogens with one attached hydrogen (secondary N) is 2. The van der Waals surface area contributed by atoms with E-state index in [-0.39, 0.29) is 23.6 Å². The Balaban J connectivity index is 1.55. The number of hydrogen-bond donors (Lipinski definition) is 2. The standard InChI is InChI=1S/C19H20ClN3O3S/c1-12(24)21-14-4-5-16(15(20)11-14)22-18(25)13-6-8-23(9-7-13)19(26)17-3-2-10-27-17/h2-5,10-11,13H,6-9H2,1H3,(H,21,24)(H,22,25). The molecule has 1 aromatic heterocycles. The topological polar surface area (TPSA) is 78.5 Å². The quantitative estimate of drug-likeness (QED) is 0.810. The molecule has 0 saturated carbocycles. The smallest absolute Gasteiger partial charge is 0.263 e. The van der Waals surface area contributed by atoms with E-state index in [1.54, 1.807) is 23.1 Å². The van der Waals surface area contributed by atoms with Crippen LogP contribution in [0.1, 0.15) is 29.4 Å². The highest BCUT2D eigenvalue weighted by Gasteiger charge is 2.28. The lowest BCUT2D eigenvalue weighted by Crippen LogP contribution is -2.41. The van der Waals surface area contributed by atoms with E-state index in [2.05, 4.69) is 10.6 Å². The van der Waals surface area contributed by atoms with Gasteiger partial charge in [0.05, 0.1) is 15.6 Å². The lowest BCUT2D eigenvalue weighted by Gasteiger charge is -2.31. The van der Waals surface area contributed by atoms with E-state index in [4.69, 9.17) is 11.6 Å².